The lowest BCUT2D eigenvalue weighted by Gasteiger charge is -2.22. The summed E-state index contributed by atoms with van der Waals surface area (Å²) in [7, 11) is 6.06. The first-order chi connectivity index (χ1) is 8.52. The SMILES string of the molecule is CN(C)CCN(C)CC(O)c1ccc(C#N)cc1. The number of aliphatic hydroxyl groups is 1. The van der Waals surface area contributed by atoms with Gasteiger partial charge in [0.05, 0.1) is 17.7 Å². The van der Waals surface area contributed by atoms with Crippen LogP contribution in [0, 0.1) is 11.3 Å². The number of aliphatic hydroxyl groups excluding tert-OH is 1. The predicted octanol–water partition coefficient (Wildman–Crippen LogP) is 1.09. The highest BCUT2D eigenvalue weighted by Gasteiger charge is 2.10. The maximum atomic E-state index is 10.1. The number of hydrogen-bond acceptors (Lipinski definition) is 4. The van der Waals surface area contributed by atoms with Crippen molar-refractivity contribution < 1.29 is 5.11 Å². The van der Waals surface area contributed by atoms with E-state index in [1.54, 1.807) is 12.1 Å². The van der Waals surface area contributed by atoms with Gasteiger partial charge in [-0.1, -0.05) is 12.1 Å². The molecule has 0 spiro atoms. The lowest BCUT2D eigenvalue weighted by atomic mass is 10.1. The molecule has 0 aliphatic rings. The molecular formula is C14H21N3O. The molecule has 1 aromatic rings. The molecule has 0 saturated heterocycles. The van der Waals surface area contributed by atoms with Gasteiger partial charge in [0.25, 0.3) is 0 Å². The number of rotatable bonds is 6. The molecule has 0 heterocycles. The Hall–Kier alpha value is -1.41. The second-order valence-electron chi connectivity index (χ2n) is 4.82. The molecule has 18 heavy (non-hydrogen) atoms. The maximum Gasteiger partial charge on any atom is 0.0991 e. The van der Waals surface area contributed by atoms with E-state index < -0.39 is 6.10 Å². The Bertz CT molecular complexity index is 394. The number of likely N-dealkylation sites (N-methyl/N-ethyl adjacent to an activating group) is 2. The number of benzene rings is 1. The molecule has 0 fully saturated rings. The van der Waals surface area contributed by atoms with Crippen LogP contribution in [0.5, 0.6) is 0 Å². The van der Waals surface area contributed by atoms with Crippen molar-refractivity contribution >= 4 is 0 Å². The molecular weight excluding hydrogens is 226 g/mol. The van der Waals surface area contributed by atoms with Crippen LogP contribution in [-0.2, 0) is 0 Å². The maximum absolute atomic E-state index is 10.1. The molecule has 0 saturated carbocycles. The van der Waals surface area contributed by atoms with Crippen molar-refractivity contribution in [2.24, 2.45) is 0 Å². The molecule has 1 atom stereocenters. The van der Waals surface area contributed by atoms with Gasteiger partial charge in [-0.3, -0.25) is 0 Å². The normalized spacial score (nSPS) is 12.7. The van der Waals surface area contributed by atoms with Gasteiger partial charge in [0.15, 0.2) is 0 Å². The Morgan fingerprint density at radius 2 is 1.78 bits per heavy atom. The van der Waals surface area contributed by atoms with Crippen LogP contribution >= 0.6 is 0 Å². The van der Waals surface area contributed by atoms with Gasteiger partial charge >= 0.3 is 0 Å². The predicted molar refractivity (Wildman–Crippen MR) is 72.2 cm³/mol. The molecule has 0 aliphatic heterocycles. The zero-order chi connectivity index (χ0) is 13.5. The molecule has 98 valence electrons. The summed E-state index contributed by atoms with van der Waals surface area (Å²) in [5, 5.41) is 18.8. The molecule has 0 amide bonds. The van der Waals surface area contributed by atoms with Crippen LogP contribution in [0.4, 0.5) is 0 Å². The Morgan fingerprint density at radius 1 is 1.17 bits per heavy atom. The van der Waals surface area contributed by atoms with Crippen LogP contribution in [0.2, 0.25) is 0 Å². The zero-order valence-electron chi connectivity index (χ0n) is 11.3. The average molecular weight is 247 g/mol. The third-order valence-electron chi connectivity index (χ3n) is 2.84. The Balaban J connectivity index is 2.48. The summed E-state index contributed by atoms with van der Waals surface area (Å²) in [5.41, 5.74) is 1.47. The standard InChI is InChI=1S/C14H21N3O/c1-16(2)8-9-17(3)11-14(18)13-6-4-12(10-15)5-7-13/h4-7,14,18H,8-9,11H2,1-3H3. The molecule has 4 heteroatoms. The van der Waals surface area contributed by atoms with Gasteiger partial charge in [0, 0.05) is 19.6 Å². The fourth-order valence-corrected chi connectivity index (χ4v) is 1.64. The van der Waals surface area contributed by atoms with Crippen LogP contribution in [0.1, 0.15) is 17.2 Å². The third kappa shape index (κ3) is 4.84. The lowest BCUT2D eigenvalue weighted by Crippen LogP contribution is -2.31. The minimum atomic E-state index is -0.509. The van der Waals surface area contributed by atoms with E-state index in [-0.39, 0.29) is 0 Å². The van der Waals surface area contributed by atoms with E-state index in [1.165, 1.54) is 0 Å². The smallest absolute Gasteiger partial charge is 0.0991 e. The minimum Gasteiger partial charge on any atom is -0.387 e. The van der Waals surface area contributed by atoms with Gasteiger partial charge in [0.1, 0.15) is 0 Å². The van der Waals surface area contributed by atoms with Crippen molar-refractivity contribution in [3.05, 3.63) is 35.4 Å². The molecule has 0 aliphatic carbocycles. The molecule has 1 unspecified atom stereocenters. The fourth-order valence-electron chi connectivity index (χ4n) is 1.64. The summed E-state index contributed by atoms with van der Waals surface area (Å²) in [6.07, 6.45) is -0.509. The molecule has 0 bridgehead atoms. The monoisotopic (exact) mass is 247 g/mol. The Labute approximate surface area is 109 Å². The van der Waals surface area contributed by atoms with E-state index in [2.05, 4.69) is 15.9 Å². The van der Waals surface area contributed by atoms with Crippen LogP contribution in [0.15, 0.2) is 24.3 Å². The number of nitriles is 1. The minimum absolute atomic E-state index is 0.509. The van der Waals surface area contributed by atoms with Crippen molar-refractivity contribution in [1.82, 2.24) is 9.80 Å². The first-order valence-electron chi connectivity index (χ1n) is 6.04. The molecule has 1 rings (SSSR count). The van der Waals surface area contributed by atoms with Crippen LogP contribution in [-0.4, -0.2) is 55.7 Å². The van der Waals surface area contributed by atoms with E-state index in [4.69, 9.17) is 5.26 Å². The first-order valence-corrected chi connectivity index (χ1v) is 6.04. The largest absolute Gasteiger partial charge is 0.387 e. The van der Waals surface area contributed by atoms with Gasteiger partial charge < -0.3 is 14.9 Å². The van der Waals surface area contributed by atoms with Crippen molar-refractivity contribution in [1.29, 1.82) is 5.26 Å². The van der Waals surface area contributed by atoms with E-state index in [1.807, 2.05) is 33.3 Å². The van der Waals surface area contributed by atoms with Gasteiger partial charge in [-0.25, -0.2) is 0 Å². The molecule has 0 aromatic heterocycles. The fraction of sp³-hybridized carbons (Fsp3) is 0.500. The third-order valence-corrected chi connectivity index (χ3v) is 2.84. The van der Waals surface area contributed by atoms with Crippen LogP contribution in [0.25, 0.3) is 0 Å². The molecule has 1 aromatic carbocycles. The average Bonchev–Trinajstić information content (AvgIpc) is 2.36. The van der Waals surface area contributed by atoms with Gasteiger partial charge in [-0.2, -0.15) is 5.26 Å². The van der Waals surface area contributed by atoms with E-state index in [0.717, 1.165) is 18.7 Å². The van der Waals surface area contributed by atoms with Crippen molar-refractivity contribution in [3.8, 4) is 6.07 Å². The quantitative estimate of drug-likeness (QED) is 0.817. The van der Waals surface area contributed by atoms with E-state index >= 15 is 0 Å². The van der Waals surface area contributed by atoms with Crippen LogP contribution in [0.3, 0.4) is 0 Å². The first kappa shape index (κ1) is 14.7. The second-order valence-corrected chi connectivity index (χ2v) is 4.82. The highest BCUT2D eigenvalue weighted by molar-refractivity contribution is 5.32. The Morgan fingerprint density at radius 3 is 2.28 bits per heavy atom. The summed E-state index contributed by atoms with van der Waals surface area (Å²) >= 11 is 0. The second kappa shape index (κ2) is 7.12. The molecule has 4 nitrogen and oxygen atoms in total. The van der Waals surface area contributed by atoms with E-state index in [0.29, 0.717) is 12.1 Å². The lowest BCUT2D eigenvalue weighted by molar-refractivity contribution is 0.123. The summed E-state index contributed by atoms with van der Waals surface area (Å²) in [4.78, 5) is 4.22. The zero-order valence-corrected chi connectivity index (χ0v) is 11.3. The highest BCUT2D eigenvalue weighted by Crippen LogP contribution is 2.14. The Kier molecular flexibility index (Phi) is 5.79. The van der Waals surface area contributed by atoms with Crippen molar-refractivity contribution in [2.75, 3.05) is 40.8 Å². The molecule has 0 radical (unpaired) electrons. The van der Waals surface area contributed by atoms with Gasteiger partial charge in [-0.15, -0.1) is 0 Å². The number of nitrogens with zero attached hydrogens (tertiary/aromatic N) is 3. The van der Waals surface area contributed by atoms with Crippen molar-refractivity contribution in [3.63, 3.8) is 0 Å². The topological polar surface area (TPSA) is 50.5 Å². The summed E-state index contributed by atoms with van der Waals surface area (Å²) in [5.74, 6) is 0. The summed E-state index contributed by atoms with van der Waals surface area (Å²) < 4.78 is 0. The van der Waals surface area contributed by atoms with Gasteiger partial charge in [0.2, 0.25) is 0 Å². The summed E-state index contributed by atoms with van der Waals surface area (Å²) in [6.45, 7) is 2.48. The van der Waals surface area contributed by atoms with Crippen LogP contribution < -0.4 is 0 Å². The summed E-state index contributed by atoms with van der Waals surface area (Å²) in [6, 6.07) is 9.16. The number of hydrogen-bond donors (Lipinski definition) is 1. The van der Waals surface area contributed by atoms with Crippen molar-refractivity contribution in [2.45, 2.75) is 6.10 Å². The van der Waals surface area contributed by atoms with E-state index in [9.17, 15) is 5.11 Å². The highest BCUT2D eigenvalue weighted by atomic mass is 16.3. The molecule has 1 N–H and O–H groups in total. The van der Waals surface area contributed by atoms with Gasteiger partial charge in [-0.05, 0) is 38.8 Å².